The van der Waals surface area contributed by atoms with E-state index in [1.54, 1.807) is 0 Å². The first-order valence-corrected chi connectivity index (χ1v) is 5.62. The third-order valence-corrected chi connectivity index (χ3v) is 2.69. The molecule has 1 heterocycles. The Morgan fingerprint density at radius 1 is 1.28 bits per heavy atom. The van der Waals surface area contributed by atoms with Crippen LogP contribution < -0.4 is 11.6 Å². The molecule has 0 bridgehead atoms. The van der Waals surface area contributed by atoms with Gasteiger partial charge in [-0.05, 0) is 24.6 Å². The number of aromatic nitrogens is 2. The van der Waals surface area contributed by atoms with Gasteiger partial charge in [0, 0.05) is 12.0 Å². The average Bonchev–Trinajstić information content (AvgIpc) is 2.62. The number of imidazole rings is 1. The third kappa shape index (κ3) is 2.01. The summed E-state index contributed by atoms with van der Waals surface area (Å²) in [6.45, 7) is 1.99. The fourth-order valence-corrected chi connectivity index (χ4v) is 1.75. The number of anilines is 1. The van der Waals surface area contributed by atoms with E-state index in [-0.39, 0.29) is 5.82 Å². The Kier molecular flexibility index (Phi) is 3.18. The normalized spacial score (nSPS) is 10.8. The predicted molar refractivity (Wildman–Crippen MR) is 66.1 cm³/mol. The zero-order chi connectivity index (χ0) is 13.3. The molecule has 0 fully saturated rings. The minimum atomic E-state index is -0.935. The van der Waals surface area contributed by atoms with Crippen LogP contribution in [0.1, 0.15) is 19.2 Å². The molecule has 0 saturated carbocycles. The Bertz CT molecular complexity index is 578. The van der Waals surface area contributed by atoms with Crippen LogP contribution in [0.5, 0.6) is 0 Å². The number of nitrogens with zero attached hydrogens (tertiary/aromatic N) is 2. The van der Waals surface area contributed by atoms with Gasteiger partial charge in [-0.25, -0.2) is 18.4 Å². The highest BCUT2D eigenvalue weighted by atomic mass is 19.2. The van der Waals surface area contributed by atoms with Gasteiger partial charge in [0.2, 0.25) is 0 Å². The number of rotatable bonds is 3. The predicted octanol–water partition coefficient (Wildman–Crippen LogP) is 2.08. The van der Waals surface area contributed by atoms with E-state index in [4.69, 9.17) is 11.6 Å². The maximum Gasteiger partial charge on any atom is 0.159 e. The first kappa shape index (κ1) is 12.3. The van der Waals surface area contributed by atoms with Crippen molar-refractivity contribution in [3.63, 3.8) is 0 Å². The van der Waals surface area contributed by atoms with Crippen molar-refractivity contribution < 1.29 is 8.78 Å². The number of hydrogen-bond acceptors (Lipinski definition) is 3. The SMILES string of the molecule is CCCc1nc(-c2ccc(F)c(F)c2)c(N)n1N. The lowest BCUT2D eigenvalue weighted by Gasteiger charge is -2.01. The van der Waals surface area contributed by atoms with E-state index in [1.165, 1.54) is 10.7 Å². The number of aryl methyl sites for hydroxylation is 1. The van der Waals surface area contributed by atoms with Crippen LogP contribution in [-0.2, 0) is 6.42 Å². The molecular formula is C12H14F2N4. The van der Waals surface area contributed by atoms with E-state index in [0.717, 1.165) is 18.6 Å². The van der Waals surface area contributed by atoms with E-state index >= 15 is 0 Å². The molecule has 0 atom stereocenters. The van der Waals surface area contributed by atoms with Gasteiger partial charge in [-0.3, -0.25) is 0 Å². The van der Waals surface area contributed by atoms with Gasteiger partial charge in [-0.1, -0.05) is 6.92 Å². The monoisotopic (exact) mass is 252 g/mol. The number of nitrogens with two attached hydrogens (primary N) is 2. The summed E-state index contributed by atoms with van der Waals surface area (Å²) < 4.78 is 27.3. The Morgan fingerprint density at radius 2 is 2.00 bits per heavy atom. The van der Waals surface area contributed by atoms with Gasteiger partial charge in [0.25, 0.3) is 0 Å². The summed E-state index contributed by atoms with van der Waals surface area (Å²) in [7, 11) is 0. The van der Waals surface area contributed by atoms with Crippen molar-refractivity contribution in [3.05, 3.63) is 35.7 Å². The molecule has 18 heavy (non-hydrogen) atoms. The molecule has 0 amide bonds. The zero-order valence-corrected chi connectivity index (χ0v) is 9.95. The first-order valence-electron chi connectivity index (χ1n) is 5.62. The van der Waals surface area contributed by atoms with Gasteiger partial charge in [0.05, 0.1) is 0 Å². The minimum Gasteiger partial charge on any atom is -0.382 e. The summed E-state index contributed by atoms with van der Waals surface area (Å²) in [6, 6.07) is 3.52. The summed E-state index contributed by atoms with van der Waals surface area (Å²) >= 11 is 0. The van der Waals surface area contributed by atoms with Gasteiger partial charge in [-0.2, -0.15) is 0 Å². The van der Waals surface area contributed by atoms with Gasteiger partial charge < -0.3 is 11.6 Å². The molecule has 0 aliphatic carbocycles. The number of benzene rings is 1. The lowest BCUT2D eigenvalue weighted by atomic mass is 10.1. The highest BCUT2D eigenvalue weighted by molar-refractivity contribution is 5.71. The summed E-state index contributed by atoms with van der Waals surface area (Å²) in [4.78, 5) is 4.26. The molecule has 2 rings (SSSR count). The second-order valence-corrected chi connectivity index (χ2v) is 4.01. The van der Waals surface area contributed by atoms with Crippen molar-refractivity contribution in [1.29, 1.82) is 0 Å². The molecule has 0 unspecified atom stereocenters. The molecule has 1 aromatic heterocycles. The zero-order valence-electron chi connectivity index (χ0n) is 9.95. The van der Waals surface area contributed by atoms with Crippen molar-refractivity contribution >= 4 is 5.82 Å². The van der Waals surface area contributed by atoms with Crippen LogP contribution >= 0.6 is 0 Å². The smallest absolute Gasteiger partial charge is 0.159 e. The fraction of sp³-hybridized carbons (Fsp3) is 0.250. The Hall–Kier alpha value is -2.11. The van der Waals surface area contributed by atoms with Gasteiger partial charge in [0.1, 0.15) is 11.5 Å². The summed E-state index contributed by atoms with van der Waals surface area (Å²) in [5.41, 5.74) is 6.60. The van der Waals surface area contributed by atoms with E-state index in [9.17, 15) is 8.78 Å². The molecule has 2 aromatic rings. The molecule has 0 aliphatic rings. The summed E-state index contributed by atoms with van der Waals surface area (Å²) in [6.07, 6.45) is 1.54. The van der Waals surface area contributed by atoms with Crippen molar-refractivity contribution in [3.8, 4) is 11.3 Å². The average molecular weight is 252 g/mol. The maximum atomic E-state index is 13.2. The number of hydrogen-bond donors (Lipinski definition) is 2. The molecule has 0 radical (unpaired) electrons. The van der Waals surface area contributed by atoms with Crippen LogP contribution in [-0.4, -0.2) is 9.66 Å². The molecule has 4 N–H and O–H groups in total. The highest BCUT2D eigenvalue weighted by Crippen LogP contribution is 2.26. The fourth-order valence-electron chi connectivity index (χ4n) is 1.75. The summed E-state index contributed by atoms with van der Waals surface area (Å²) in [5, 5.41) is 0. The van der Waals surface area contributed by atoms with Crippen molar-refractivity contribution in [2.45, 2.75) is 19.8 Å². The number of halogens is 2. The largest absolute Gasteiger partial charge is 0.382 e. The Balaban J connectivity index is 2.50. The lowest BCUT2D eigenvalue weighted by molar-refractivity contribution is 0.509. The third-order valence-electron chi connectivity index (χ3n) is 2.69. The van der Waals surface area contributed by atoms with Gasteiger partial charge in [-0.15, -0.1) is 0 Å². The standard InChI is InChI=1S/C12H14F2N4/c1-2-3-10-17-11(12(15)18(10)16)7-4-5-8(13)9(14)6-7/h4-6H,2-3,15-16H2,1H3. The van der Waals surface area contributed by atoms with Crippen LogP contribution in [0.4, 0.5) is 14.6 Å². The quantitative estimate of drug-likeness (QED) is 0.821. The lowest BCUT2D eigenvalue weighted by Crippen LogP contribution is -2.15. The first-order chi connectivity index (χ1) is 8.54. The molecular weight excluding hydrogens is 238 g/mol. The van der Waals surface area contributed by atoms with Crippen LogP contribution in [0.25, 0.3) is 11.3 Å². The van der Waals surface area contributed by atoms with E-state index in [1.807, 2.05) is 6.92 Å². The van der Waals surface area contributed by atoms with Crippen LogP contribution in [0, 0.1) is 11.6 Å². The molecule has 96 valence electrons. The van der Waals surface area contributed by atoms with Gasteiger partial charge >= 0.3 is 0 Å². The summed E-state index contributed by atoms with van der Waals surface area (Å²) in [5.74, 6) is 4.78. The van der Waals surface area contributed by atoms with Crippen LogP contribution in [0.2, 0.25) is 0 Å². The van der Waals surface area contributed by atoms with Crippen molar-refractivity contribution in [2.75, 3.05) is 11.6 Å². The van der Waals surface area contributed by atoms with Gasteiger partial charge in [0.15, 0.2) is 17.5 Å². The molecule has 0 spiro atoms. The highest BCUT2D eigenvalue weighted by Gasteiger charge is 2.15. The topological polar surface area (TPSA) is 69.9 Å². The van der Waals surface area contributed by atoms with Crippen LogP contribution in [0.3, 0.4) is 0 Å². The Labute approximate surface area is 103 Å². The second kappa shape index (κ2) is 4.64. The second-order valence-electron chi connectivity index (χ2n) is 4.01. The number of nitrogen functional groups attached to an aromatic ring is 2. The van der Waals surface area contributed by atoms with E-state index < -0.39 is 11.6 Å². The van der Waals surface area contributed by atoms with E-state index in [2.05, 4.69) is 4.98 Å². The maximum absolute atomic E-state index is 13.2. The molecule has 0 aliphatic heterocycles. The van der Waals surface area contributed by atoms with Crippen LogP contribution in [0.15, 0.2) is 18.2 Å². The Morgan fingerprint density at radius 3 is 2.61 bits per heavy atom. The molecule has 0 saturated heterocycles. The minimum absolute atomic E-state index is 0.240. The molecule has 4 nitrogen and oxygen atoms in total. The van der Waals surface area contributed by atoms with Crippen molar-refractivity contribution in [1.82, 2.24) is 9.66 Å². The van der Waals surface area contributed by atoms with Crippen molar-refractivity contribution in [2.24, 2.45) is 0 Å². The molecule has 6 heteroatoms. The van der Waals surface area contributed by atoms with E-state index in [0.29, 0.717) is 23.5 Å². The molecule has 1 aromatic carbocycles.